The molecule has 1 fully saturated rings. The molecule has 1 saturated heterocycles. The number of nitrogens with one attached hydrogen (secondary N) is 1. The number of hydrogen-bond acceptors (Lipinski definition) is 4. The number of nitrogens with zero attached hydrogens (tertiary/aromatic N) is 2. The third-order valence-electron chi connectivity index (χ3n) is 2.85. The van der Waals surface area contributed by atoms with Gasteiger partial charge in [0.1, 0.15) is 0 Å². The Kier molecular flexibility index (Phi) is 5.11. The first-order valence-electron chi connectivity index (χ1n) is 5.43. The van der Waals surface area contributed by atoms with Crippen molar-refractivity contribution >= 4 is 23.1 Å². The number of carbonyl (C=O) groups excluding carboxylic acids is 1. The summed E-state index contributed by atoms with van der Waals surface area (Å²) in [7, 11) is 4.17. The first-order chi connectivity index (χ1) is 7.49. The Balaban J connectivity index is 2.30. The van der Waals surface area contributed by atoms with Crippen LogP contribution >= 0.6 is 12.2 Å². The third-order valence-corrected chi connectivity index (χ3v) is 2.99. The Morgan fingerprint density at radius 3 is 2.81 bits per heavy atom. The number of carbonyl (C=O) groups is 1. The molecule has 5 nitrogen and oxygen atoms in total. The lowest BCUT2D eigenvalue weighted by atomic mass is 10.2. The van der Waals surface area contributed by atoms with Gasteiger partial charge in [-0.15, -0.1) is 0 Å². The fraction of sp³-hybridized carbons (Fsp3) is 0.800. The molecule has 0 saturated carbocycles. The van der Waals surface area contributed by atoms with E-state index in [9.17, 15) is 4.79 Å². The van der Waals surface area contributed by atoms with Crippen molar-refractivity contribution in [2.75, 3.05) is 40.3 Å². The van der Waals surface area contributed by atoms with Crippen LogP contribution in [0.1, 0.15) is 6.42 Å². The normalized spacial score (nSPS) is 23.0. The smallest absolute Gasteiger partial charge is 0.226 e. The summed E-state index contributed by atoms with van der Waals surface area (Å²) in [6.07, 6.45) is 0.140. The molecule has 1 aliphatic rings. The molecule has 0 bridgehead atoms. The highest BCUT2D eigenvalue weighted by atomic mass is 32.1. The summed E-state index contributed by atoms with van der Waals surface area (Å²) >= 11 is 4.68. The Morgan fingerprint density at radius 1 is 1.50 bits per heavy atom. The summed E-state index contributed by atoms with van der Waals surface area (Å²) in [5.41, 5.74) is 5.30. The van der Waals surface area contributed by atoms with E-state index >= 15 is 0 Å². The molecule has 92 valence electrons. The van der Waals surface area contributed by atoms with Crippen LogP contribution in [0.25, 0.3) is 0 Å². The predicted molar refractivity (Wildman–Crippen MR) is 68.3 cm³/mol. The Morgan fingerprint density at radius 2 is 2.19 bits per heavy atom. The number of thiocarbonyl (C=S) groups is 1. The second kappa shape index (κ2) is 6.12. The minimum Gasteiger partial charge on any atom is -0.393 e. The zero-order valence-corrected chi connectivity index (χ0v) is 10.7. The van der Waals surface area contributed by atoms with Gasteiger partial charge in [-0.05, 0) is 14.1 Å². The topological polar surface area (TPSA) is 61.6 Å². The fourth-order valence-corrected chi connectivity index (χ4v) is 1.91. The molecule has 3 N–H and O–H groups in total. The summed E-state index contributed by atoms with van der Waals surface area (Å²) in [5.74, 6) is -0.0888. The lowest BCUT2D eigenvalue weighted by Crippen LogP contribution is -2.54. The average molecular weight is 244 g/mol. The summed E-state index contributed by atoms with van der Waals surface area (Å²) in [6, 6.07) is 0.369. The maximum Gasteiger partial charge on any atom is 0.226 e. The summed E-state index contributed by atoms with van der Waals surface area (Å²) < 4.78 is 0. The van der Waals surface area contributed by atoms with Crippen molar-refractivity contribution in [3.05, 3.63) is 0 Å². The molecule has 16 heavy (non-hydrogen) atoms. The zero-order chi connectivity index (χ0) is 12.1. The van der Waals surface area contributed by atoms with Gasteiger partial charge in [-0.2, -0.15) is 0 Å². The van der Waals surface area contributed by atoms with E-state index in [-0.39, 0.29) is 17.3 Å². The van der Waals surface area contributed by atoms with Crippen LogP contribution in [0.4, 0.5) is 0 Å². The van der Waals surface area contributed by atoms with Crippen LogP contribution in [0.5, 0.6) is 0 Å². The number of hydrogen-bond donors (Lipinski definition) is 2. The maximum absolute atomic E-state index is 11.4. The molecule has 1 rings (SSSR count). The van der Waals surface area contributed by atoms with E-state index < -0.39 is 0 Å². The van der Waals surface area contributed by atoms with Gasteiger partial charge in [0.2, 0.25) is 5.91 Å². The molecular weight excluding hydrogens is 224 g/mol. The van der Waals surface area contributed by atoms with Crippen LogP contribution in [0.15, 0.2) is 0 Å². The van der Waals surface area contributed by atoms with E-state index in [1.165, 1.54) is 0 Å². The molecule has 1 aliphatic heterocycles. The van der Waals surface area contributed by atoms with Crippen molar-refractivity contribution in [1.82, 2.24) is 15.1 Å². The van der Waals surface area contributed by atoms with Gasteiger partial charge in [-0.1, -0.05) is 12.2 Å². The first kappa shape index (κ1) is 13.3. The molecule has 1 unspecified atom stereocenters. The quantitative estimate of drug-likeness (QED) is 0.623. The van der Waals surface area contributed by atoms with Crippen LogP contribution in [-0.4, -0.2) is 67.0 Å². The Bertz CT molecular complexity index is 272. The van der Waals surface area contributed by atoms with Gasteiger partial charge in [-0.25, -0.2) is 0 Å². The van der Waals surface area contributed by atoms with E-state index in [2.05, 4.69) is 41.4 Å². The van der Waals surface area contributed by atoms with Gasteiger partial charge in [-0.3, -0.25) is 9.69 Å². The van der Waals surface area contributed by atoms with Gasteiger partial charge in [0.15, 0.2) is 0 Å². The van der Waals surface area contributed by atoms with Crippen molar-refractivity contribution < 1.29 is 4.79 Å². The summed E-state index contributed by atoms with van der Waals surface area (Å²) in [4.78, 5) is 16.1. The van der Waals surface area contributed by atoms with E-state index in [0.29, 0.717) is 12.6 Å². The second-order valence-corrected chi connectivity index (χ2v) is 4.87. The van der Waals surface area contributed by atoms with Gasteiger partial charge in [0.25, 0.3) is 0 Å². The number of amides is 1. The maximum atomic E-state index is 11.4. The lowest BCUT2D eigenvalue weighted by Gasteiger charge is -2.37. The average Bonchev–Trinajstić information content (AvgIpc) is 2.18. The molecule has 1 amide bonds. The van der Waals surface area contributed by atoms with Crippen molar-refractivity contribution in [3.63, 3.8) is 0 Å². The van der Waals surface area contributed by atoms with Gasteiger partial charge >= 0.3 is 0 Å². The van der Waals surface area contributed by atoms with E-state index in [4.69, 9.17) is 5.73 Å². The molecule has 1 atom stereocenters. The lowest BCUT2D eigenvalue weighted by molar-refractivity contribution is -0.120. The molecule has 0 spiro atoms. The van der Waals surface area contributed by atoms with Gasteiger partial charge < -0.3 is 16.0 Å². The fourth-order valence-electron chi connectivity index (χ4n) is 1.77. The minimum absolute atomic E-state index is 0.0888. The van der Waals surface area contributed by atoms with E-state index in [0.717, 1.165) is 19.6 Å². The molecule has 0 aromatic rings. The largest absolute Gasteiger partial charge is 0.393 e. The van der Waals surface area contributed by atoms with Crippen LogP contribution in [-0.2, 0) is 4.79 Å². The SMILES string of the molecule is CN1CCN(C)C(CNC(=O)CC(N)=S)C1. The highest BCUT2D eigenvalue weighted by Crippen LogP contribution is 2.04. The molecule has 0 aliphatic carbocycles. The van der Waals surface area contributed by atoms with Crippen molar-refractivity contribution in [2.45, 2.75) is 12.5 Å². The molecule has 0 aromatic heterocycles. The Hall–Kier alpha value is -0.720. The van der Waals surface area contributed by atoms with Crippen LogP contribution in [0, 0.1) is 0 Å². The number of likely N-dealkylation sites (N-methyl/N-ethyl adjacent to an activating group) is 2. The van der Waals surface area contributed by atoms with Crippen molar-refractivity contribution in [3.8, 4) is 0 Å². The molecule has 0 radical (unpaired) electrons. The molecule has 0 aromatic carbocycles. The zero-order valence-electron chi connectivity index (χ0n) is 9.90. The first-order valence-corrected chi connectivity index (χ1v) is 5.83. The molecule has 1 heterocycles. The summed E-state index contributed by atoms with van der Waals surface area (Å²) in [5, 5.41) is 2.86. The highest BCUT2D eigenvalue weighted by molar-refractivity contribution is 7.80. The highest BCUT2D eigenvalue weighted by Gasteiger charge is 2.22. The third kappa shape index (κ3) is 4.42. The van der Waals surface area contributed by atoms with E-state index in [1.54, 1.807) is 0 Å². The molecule has 6 heteroatoms. The number of rotatable bonds is 4. The number of nitrogens with two attached hydrogens (primary N) is 1. The predicted octanol–water partition coefficient (Wildman–Crippen LogP) is -0.975. The van der Waals surface area contributed by atoms with Crippen molar-refractivity contribution in [2.24, 2.45) is 5.73 Å². The number of piperazine rings is 1. The molecular formula is C10H20N4OS. The van der Waals surface area contributed by atoms with Gasteiger partial charge in [0, 0.05) is 32.2 Å². The van der Waals surface area contributed by atoms with E-state index in [1.807, 2.05) is 0 Å². The second-order valence-electron chi connectivity index (χ2n) is 4.34. The minimum atomic E-state index is -0.0888. The standard InChI is InChI=1S/C10H20N4OS/c1-13-3-4-14(2)8(7-13)6-12-10(15)5-9(11)16/h8H,3-7H2,1-2H3,(H2,11,16)(H,12,15). The Labute approximate surface area is 102 Å². The van der Waals surface area contributed by atoms with Crippen LogP contribution < -0.4 is 11.1 Å². The summed E-state index contributed by atoms with van der Waals surface area (Å²) in [6.45, 7) is 3.74. The monoisotopic (exact) mass is 244 g/mol. The van der Waals surface area contributed by atoms with Crippen molar-refractivity contribution in [1.29, 1.82) is 0 Å². The van der Waals surface area contributed by atoms with Crippen LogP contribution in [0.3, 0.4) is 0 Å². The van der Waals surface area contributed by atoms with Crippen LogP contribution in [0.2, 0.25) is 0 Å². The van der Waals surface area contributed by atoms with Gasteiger partial charge in [0.05, 0.1) is 11.4 Å².